The van der Waals surface area contributed by atoms with Crippen molar-refractivity contribution in [3.05, 3.63) is 83.9 Å². The number of aryl methyl sites for hydroxylation is 2. The summed E-state index contributed by atoms with van der Waals surface area (Å²) in [4.78, 5) is 12.1. The van der Waals surface area contributed by atoms with Gasteiger partial charge in [0.25, 0.3) is 0 Å². The number of hydrogen-bond donors (Lipinski definition) is 2. The van der Waals surface area contributed by atoms with Crippen LogP contribution in [0, 0.1) is 13.8 Å². The van der Waals surface area contributed by atoms with Gasteiger partial charge in [-0.15, -0.1) is 0 Å². The Kier molecular flexibility index (Phi) is 7.11. The van der Waals surface area contributed by atoms with Gasteiger partial charge in [-0.05, 0) is 73.5 Å². The zero-order valence-corrected chi connectivity index (χ0v) is 16.8. The molecule has 0 aliphatic carbocycles. The molecule has 0 bridgehead atoms. The Balaban J connectivity index is 1.39. The summed E-state index contributed by atoms with van der Waals surface area (Å²) in [7, 11) is 0. The smallest absolute Gasteiger partial charge is 0.243 e. The predicted molar refractivity (Wildman–Crippen MR) is 117 cm³/mol. The van der Waals surface area contributed by atoms with Crippen molar-refractivity contribution in [3.8, 4) is 11.5 Å². The van der Waals surface area contributed by atoms with Gasteiger partial charge >= 0.3 is 0 Å². The number of ether oxygens (including phenoxy) is 2. The predicted octanol–water partition coefficient (Wildman–Crippen LogP) is 4.81. The van der Waals surface area contributed by atoms with Crippen molar-refractivity contribution in [1.82, 2.24) is 0 Å². The van der Waals surface area contributed by atoms with Gasteiger partial charge in [-0.1, -0.05) is 24.3 Å². The van der Waals surface area contributed by atoms with Crippen molar-refractivity contribution in [3.63, 3.8) is 0 Å². The minimum Gasteiger partial charge on any atom is -0.490 e. The van der Waals surface area contributed by atoms with Crippen molar-refractivity contribution in [2.45, 2.75) is 13.8 Å². The fourth-order valence-corrected chi connectivity index (χ4v) is 2.71. The number of hydrogen-bond acceptors (Lipinski definition) is 4. The van der Waals surface area contributed by atoms with Crippen LogP contribution >= 0.6 is 0 Å². The van der Waals surface area contributed by atoms with Crippen LogP contribution in [0.5, 0.6) is 11.5 Å². The number of rotatable bonds is 9. The fourth-order valence-electron chi connectivity index (χ4n) is 2.71. The number of para-hydroxylation sites is 1. The van der Waals surface area contributed by atoms with Gasteiger partial charge in [0.1, 0.15) is 24.7 Å². The molecule has 5 nitrogen and oxygen atoms in total. The SMILES string of the molecule is Cc1ccc(NCC(=O)Nc2ccc(OCCOc3ccccc3)cc2)cc1C. The van der Waals surface area contributed by atoms with E-state index in [2.05, 4.69) is 24.5 Å². The second kappa shape index (κ2) is 10.2. The molecule has 0 heterocycles. The molecule has 0 saturated heterocycles. The Morgan fingerprint density at radius 3 is 2.03 bits per heavy atom. The molecule has 0 saturated carbocycles. The molecule has 0 atom stereocenters. The molecule has 0 radical (unpaired) electrons. The largest absolute Gasteiger partial charge is 0.490 e. The van der Waals surface area contributed by atoms with Crippen molar-refractivity contribution >= 4 is 17.3 Å². The van der Waals surface area contributed by atoms with Gasteiger partial charge in [-0.3, -0.25) is 4.79 Å². The monoisotopic (exact) mass is 390 g/mol. The summed E-state index contributed by atoms with van der Waals surface area (Å²) < 4.78 is 11.3. The molecular weight excluding hydrogens is 364 g/mol. The molecule has 5 heteroatoms. The lowest BCUT2D eigenvalue weighted by Gasteiger charge is -2.11. The van der Waals surface area contributed by atoms with Gasteiger partial charge in [-0.25, -0.2) is 0 Å². The maximum atomic E-state index is 12.1. The van der Waals surface area contributed by atoms with Crippen molar-refractivity contribution in [2.24, 2.45) is 0 Å². The van der Waals surface area contributed by atoms with Crippen LogP contribution in [0.1, 0.15) is 11.1 Å². The molecule has 29 heavy (non-hydrogen) atoms. The van der Waals surface area contributed by atoms with E-state index in [1.54, 1.807) is 0 Å². The van der Waals surface area contributed by atoms with Crippen LogP contribution in [0.25, 0.3) is 0 Å². The Hall–Kier alpha value is -3.47. The number of anilines is 2. The molecule has 0 fully saturated rings. The molecule has 2 N–H and O–H groups in total. The normalized spacial score (nSPS) is 10.3. The molecule has 150 valence electrons. The molecule has 3 aromatic rings. The van der Waals surface area contributed by atoms with Crippen molar-refractivity contribution in [2.75, 3.05) is 30.4 Å². The maximum absolute atomic E-state index is 12.1. The lowest BCUT2D eigenvalue weighted by atomic mass is 10.1. The molecule has 0 aliphatic rings. The molecule has 0 unspecified atom stereocenters. The Labute approximate surface area is 171 Å². The van der Waals surface area contributed by atoms with Gasteiger partial charge in [0.2, 0.25) is 5.91 Å². The van der Waals surface area contributed by atoms with Crippen molar-refractivity contribution in [1.29, 1.82) is 0 Å². The van der Waals surface area contributed by atoms with Crippen LogP contribution in [0.4, 0.5) is 11.4 Å². The maximum Gasteiger partial charge on any atom is 0.243 e. The van der Waals surface area contributed by atoms with E-state index < -0.39 is 0 Å². The zero-order chi connectivity index (χ0) is 20.5. The third-order valence-electron chi connectivity index (χ3n) is 4.46. The first-order valence-electron chi connectivity index (χ1n) is 9.62. The van der Waals surface area contributed by atoms with Crippen LogP contribution in [-0.2, 0) is 4.79 Å². The number of carbonyl (C=O) groups excluding carboxylic acids is 1. The van der Waals surface area contributed by atoms with E-state index in [4.69, 9.17) is 9.47 Å². The summed E-state index contributed by atoms with van der Waals surface area (Å²) in [6.07, 6.45) is 0. The lowest BCUT2D eigenvalue weighted by molar-refractivity contribution is -0.114. The highest BCUT2D eigenvalue weighted by atomic mass is 16.5. The highest BCUT2D eigenvalue weighted by Crippen LogP contribution is 2.17. The van der Waals surface area contributed by atoms with Gasteiger partial charge < -0.3 is 20.1 Å². The third kappa shape index (κ3) is 6.57. The zero-order valence-electron chi connectivity index (χ0n) is 16.8. The average molecular weight is 390 g/mol. The second-order valence-corrected chi connectivity index (χ2v) is 6.74. The average Bonchev–Trinajstić information content (AvgIpc) is 2.74. The first-order valence-corrected chi connectivity index (χ1v) is 9.62. The van der Waals surface area contributed by atoms with E-state index in [-0.39, 0.29) is 12.5 Å². The lowest BCUT2D eigenvalue weighted by Crippen LogP contribution is -2.21. The van der Waals surface area contributed by atoms with Crippen LogP contribution < -0.4 is 20.1 Å². The molecular formula is C24H26N2O3. The number of nitrogens with one attached hydrogen (secondary N) is 2. The number of amides is 1. The van der Waals surface area contributed by atoms with Gasteiger partial charge in [0, 0.05) is 11.4 Å². The van der Waals surface area contributed by atoms with E-state index >= 15 is 0 Å². The molecule has 0 aliphatic heterocycles. The van der Waals surface area contributed by atoms with E-state index in [0.717, 1.165) is 22.9 Å². The van der Waals surface area contributed by atoms with E-state index in [0.29, 0.717) is 13.2 Å². The summed E-state index contributed by atoms with van der Waals surface area (Å²) in [5, 5.41) is 6.01. The molecule has 0 spiro atoms. The van der Waals surface area contributed by atoms with Crippen molar-refractivity contribution < 1.29 is 14.3 Å². The number of benzene rings is 3. The third-order valence-corrected chi connectivity index (χ3v) is 4.46. The topological polar surface area (TPSA) is 59.6 Å². The van der Waals surface area contributed by atoms with Crippen LogP contribution in [0.15, 0.2) is 72.8 Å². The van der Waals surface area contributed by atoms with E-state index in [1.165, 1.54) is 11.1 Å². The highest BCUT2D eigenvalue weighted by Gasteiger charge is 2.04. The van der Waals surface area contributed by atoms with E-state index in [9.17, 15) is 4.79 Å². The quantitative estimate of drug-likeness (QED) is 0.515. The van der Waals surface area contributed by atoms with Crippen LogP contribution in [0.2, 0.25) is 0 Å². The van der Waals surface area contributed by atoms with E-state index in [1.807, 2.05) is 72.8 Å². The summed E-state index contributed by atoms with van der Waals surface area (Å²) in [5.41, 5.74) is 4.09. The number of carbonyl (C=O) groups is 1. The minimum absolute atomic E-state index is 0.104. The summed E-state index contributed by atoms with van der Waals surface area (Å²) in [6.45, 7) is 5.23. The Morgan fingerprint density at radius 1 is 0.759 bits per heavy atom. The Bertz CT molecular complexity index is 925. The molecule has 0 aromatic heterocycles. The van der Waals surface area contributed by atoms with Crippen LogP contribution in [-0.4, -0.2) is 25.7 Å². The fraction of sp³-hybridized carbons (Fsp3) is 0.208. The highest BCUT2D eigenvalue weighted by molar-refractivity contribution is 5.93. The summed E-state index contributed by atoms with van der Waals surface area (Å²) >= 11 is 0. The molecule has 3 aromatic carbocycles. The van der Waals surface area contributed by atoms with Gasteiger partial charge in [-0.2, -0.15) is 0 Å². The summed E-state index contributed by atoms with van der Waals surface area (Å²) in [5.74, 6) is 1.45. The molecule has 3 rings (SSSR count). The first kappa shape index (κ1) is 20.3. The molecule has 1 amide bonds. The second-order valence-electron chi connectivity index (χ2n) is 6.74. The van der Waals surface area contributed by atoms with Gasteiger partial charge in [0.05, 0.1) is 6.54 Å². The minimum atomic E-state index is -0.104. The Morgan fingerprint density at radius 2 is 1.38 bits per heavy atom. The van der Waals surface area contributed by atoms with Gasteiger partial charge in [0.15, 0.2) is 0 Å². The summed E-state index contributed by atoms with van der Waals surface area (Å²) in [6, 6.07) is 23.0. The standard InChI is InChI=1S/C24H26N2O3/c1-18-8-9-21(16-19(18)2)25-17-24(27)26-20-10-12-23(13-11-20)29-15-14-28-22-6-4-3-5-7-22/h3-13,16,25H,14-15,17H2,1-2H3,(H,26,27). The van der Waals surface area contributed by atoms with Crippen LogP contribution in [0.3, 0.4) is 0 Å². The first-order chi connectivity index (χ1) is 14.1.